The van der Waals surface area contributed by atoms with E-state index in [0.717, 1.165) is 0 Å². The van der Waals surface area contributed by atoms with Crippen LogP contribution in [0.25, 0.3) is 0 Å². The Balaban J connectivity index is 2.15. The number of fused-ring (bicyclic) bond motifs is 1. The molecule has 0 saturated carbocycles. The van der Waals surface area contributed by atoms with Gasteiger partial charge >= 0.3 is 0 Å². The zero-order valence-electron chi connectivity index (χ0n) is 13.4. The molecule has 8 heteroatoms. The van der Waals surface area contributed by atoms with Gasteiger partial charge in [0.05, 0.1) is 28.0 Å². The summed E-state index contributed by atoms with van der Waals surface area (Å²) in [6, 6.07) is 3.14. The fourth-order valence-corrected chi connectivity index (χ4v) is 2.97. The molecule has 2 aromatic rings. The number of anilines is 1. The van der Waals surface area contributed by atoms with Crippen LogP contribution in [0.1, 0.15) is 21.6 Å². The molecular weight excluding hydrogens is 353 g/mol. The highest BCUT2D eigenvalue weighted by Crippen LogP contribution is 2.39. The molecule has 0 saturated heterocycles. The predicted molar refractivity (Wildman–Crippen MR) is 92.6 cm³/mol. The van der Waals surface area contributed by atoms with Crippen LogP contribution in [0.3, 0.4) is 0 Å². The fourth-order valence-electron chi connectivity index (χ4n) is 2.66. The van der Waals surface area contributed by atoms with Gasteiger partial charge in [0.15, 0.2) is 0 Å². The molecule has 3 rings (SSSR count). The number of hydrogen-bond acceptors (Lipinski definition) is 4. The van der Waals surface area contributed by atoms with Crippen molar-refractivity contribution >= 4 is 34.8 Å². The van der Waals surface area contributed by atoms with Crippen LogP contribution < -0.4 is 15.2 Å². The van der Waals surface area contributed by atoms with Gasteiger partial charge in [-0.2, -0.15) is 5.10 Å². The number of aryl methyl sites for hydroxylation is 2. The zero-order valence-corrected chi connectivity index (χ0v) is 14.9. The van der Waals surface area contributed by atoms with Crippen molar-refractivity contribution in [3.63, 3.8) is 0 Å². The van der Waals surface area contributed by atoms with Gasteiger partial charge in [-0.3, -0.25) is 9.59 Å². The first-order valence-electron chi connectivity index (χ1n) is 7.29. The average molecular weight is 368 g/mol. The molecule has 0 atom stereocenters. The summed E-state index contributed by atoms with van der Waals surface area (Å²) in [5.41, 5.74) is 1.36. The molecule has 2 heterocycles. The van der Waals surface area contributed by atoms with Crippen LogP contribution >= 0.6 is 23.2 Å². The lowest BCUT2D eigenvalue weighted by molar-refractivity contribution is 0.0973. The summed E-state index contributed by atoms with van der Waals surface area (Å²) >= 11 is 12.1. The zero-order chi connectivity index (χ0) is 17.6. The molecule has 1 aromatic carbocycles. The van der Waals surface area contributed by atoms with Crippen molar-refractivity contribution in [1.29, 1.82) is 0 Å². The van der Waals surface area contributed by atoms with E-state index in [2.05, 4.69) is 5.10 Å². The molecule has 6 nitrogen and oxygen atoms in total. The maximum Gasteiger partial charge on any atom is 0.279 e. The molecule has 1 aliphatic heterocycles. The Bertz CT molecular complexity index is 908. The van der Waals surface area contributed by atoms with E-state index in [1.54, 1.807) is 26.0 Å². The van der Waals surface area contributed by atoms with E-state index in [0.29, 0.717) is 45.9 Å². The maximum absolute atomic E-state index is 13.1. The molecule has 1 aliphatic rings. The minimum atomic E-state index is -0.434. The van der Waals surface area contributed by atoms with Gasteiger partial charge < -0.3 is 9.64 Å². The smallest absolute Gasteiger partial charge is 0.279 e. The summed E-state index contributed by atoms with van der Waals surface area (Å²) in [6.45, 7) is 4.09. The van der Waals surface area contributed by atoms with Gasteiger partial charge in [0.2, 0.25) is 0 Å². The summed E-state index contributed by atoms with van der Waals surface area (Å²) in [6.07, 6.45) is 0. The van der Waals surface area contributed by atoms with E-state index in [1.165, 1.54) is 16.6 Å². The number of amides is 1. The van der Waals surface area contributed by atoms with Gasteiger partial charge in [0.25, 0.3) is 11.5 Å². The second-order valence-corrected chi connectivity index (χ2v) is 6.37. The lowest BCUT2D eigenvalue weighted by atomic mass is 10.1. The third kappa shape index (κ3) is 2.65. The monoisotopic (exact) mass is 367 g/mol. The van der Waals surface area contributed by atoms with Crippen LogP contribution in [0.15, 0.2) is 16.9 Å². The van der Waals surface area contributed by atoms with Crippen LogP contribution in [0, 0.1) is 13.8 Å². The third-order valence-electron chi connectivity index (χ3n) is 4.05. The molecule has 0 N–H and O–H groups in total. The summed E-state index contributed by atoms with van der Waals surface area (Å²) in [7, 11) is 1.52. The second kappa shape index (κ2) is 6.11. The van der Waals surface area contributed by atoms with Gasteiger partial charge in [-0.15, -0.1) is 0 Å². The molecule has 24 heavy (non-hydrogen) atoms. The highest BCUT2D eigenvalue weighted by atomic mass is 35.5. The van der Waals surface area contributed by atoms with Crippen molar-refractivity contribution in [1.82, 2.24) is 9.78 Å². The predicted octanol–water partition coefficient (Wildman–Crippen LogP) is 2.74. The Morgan fingerprint density at radius 3 is 2.62 bits per heavy atom. The van der Waals surface area contributed by atoms with Gasteiger partial charge in [0, 0.05) is 13.1 Å². The first-order valence-corrected chi connectivity index (χ1v) is 8.05. The largest absolute Gasteiger partial charge is 0.489 e. The summed E-state index contributed by atoms with van der Waals surface area (Å²) in [5, 5.41) is 4.76. The maximum atomic E-state index is 13.1. The van der Waals surface area contributed by atoms with E-state index in [9.17, 15) is 9.59 Å². The minimum absolute atomic E-state index is 0.101. The molecule has 0 fully saturated rings. The summed E-state index contributed by atoms with van der Waals surface area (Å²) in [4.78, 5) is 27.0. The molecule has 0 spiro atoms. The number of hydrogen-bond donors (Lipinski definition) is 0. The molecule has 0 unspecified atom stereocenters. The highest BCUT2D eigenvalue weighted by molar-refractivity contribution is 6.42. The molecule has 0 aliphatic carbocycles. The van der Waals surface area contributed by atoms with Crippen molar-refractivity contribution in [3.05, 3.63) is 49.4 Å². The van der Waals surface area contributed by atoms with Crippen LogP contribution in [0.4, 0.5) is 5.69 Å². The number of carbonyl (C=O) groups is 1. The Labute approximate surface area is 148 Å². The van der Waals surface area contributed by atoms with E-state index >= 15 is 0 Å². The quantitative estimate of drug-likeness (QED) is 0.777. The lowest BCUT2D eigenvalue weighted by Crippen LogP contribution is -2.42. The second-order valence-electron chi connectivity index (χ2n) is 5.55. The van der Waals surface area contributed by atoms with Crippen LogP contribution in [-0.2, 0) is 7.05 Å². The number of nitrogens with zero attached hydrogens (tertiary/aromatic N) is 3. The Hall–Kier alpha value is -2.05. The molecule has 0 bridgehead atoms. The van der Waals surface area contributed by atoms with Gasteiger partial charge in [0.1, 0.15) is 17.9 Å². The number of carbonyl (C=O) groups excluding carboxylic acids is 1. The van der Waals surface area contributed by atoms with Crippen molar-refractivity contribution < 1.29 is 9.53 Å². The van der Waals surface area contributed by atoms with Crippen molar-refractivity contribution in [3.8, 4) is 5.75 Å². The average Bonchev–Trinajstić information content (AvgIpc) is 2.53. The van der Waals surface area contributed by atoms with E-state index < -0.39 is 11.5 Å². The third-order valence-corrected chi connectivity index (χ3v) is 4.77. The molecule has 0 radical (unpaired) electrons. The van der Waals surface area contributed by atoms with Crippen molar-refractivity contribution in [2.45, 2.75) is 13.8 Å². The topological polar surface area (TPSA) is 64.4 Å². The Kier molecular flexibility index (Phi) is 4.27. The summed E-state index contributed by atoms with van der Waals surface area (Å²) < 4.78 is 6.72. The lowest BCUT2D eigenvalue weighted by Gasteiger charge is -2.30. The van der Waals surface area contributed by atoms with E-state index in [-0.39, 0.29) is 5.56 Å². The molecule has 1 amide bonds. The number of halogens is 2. The van der Waals surface area contributed by atoms with E-state index in [4.69, 9.17) is 27.9 Å². The molecule has 1 aromatic heterocycles. The SMILES string of the molecule is Cc1nn(C)c(=O)c(C(=O)N2CCOc3cc(Cl)c(Cl)cc32)c1C. The molecule has 126 valence electrons. The van der Waals surface area contributed by atoms with Crippen LogP contribution in [0.5, 0.6) is 5.75 Å². The van der Waals surface area contributed by atoms with Gasteiger partial charge in [-0.25, -0.2) is 4.68 Å². The van der Waals surface area contributed by atoms with Crippen molar-refractivity contribution in [2.75, 3.05) is 18.1 Å². The first-order chi connectivity index (χ1) is 11.3. The standard InChI is InChI=1S/C16H15Cl2N3O3/c1-8-9(2)19-20(3)15(22)14(8)16(23)21-4-5-24-13-7-11(18)10(17)6-12(13)21/h6-7H,4-5H2,1-3H3. The van der Waals surface area contributed by atoms with E-state index in [1.807, 2.05) is 0 Å². The fraction of sp³-hybridized carbons (Fsp3) is 0.312. The van der Waals surface area contributed by atoms with Crippen LogP contribution in [-0.4, -0.2) is 28.8 Å². The van der Waals surface area contributed by atoms with Crippen molar-refractivity contribution in [2.24, 2.45) is 7.05 Å². The number of aromatic nitrogens is 2. The number of rotatable bonds is 1. The van der Waals surface area contributed by atoms with Gasteiger partial charge in [-0.1, -0.05) is 23.2 Å². The van der Waals surface area contributed by atoms with Gasteiger partial charge in [-0.05, 0) is 25.5 Å². The number of benzene rings is 1. The Morgan fingerprint density at radius 1 is 1.25 bits per heavy atom. The Morgan fingerprint density at radius 2 is 1.92 bits per heavy atom. The first kappa shape index (κ1) is 16.8. The normalized spacial score (nSPS) is 13.5. The van der Waals surface area contributed by atoms with Crippen LogP contribution in [0.2, 0.25) is 10.0 Å². The summed E-state index contributed by atoms with van der Waals surface area (Å²) in [5.74, 6) is 0.0609. The molecular formula is C16H15Cl2N3O3. The number of ether oxygens (including phenoxy) is 1. The minimum Gasteiger partial charge on any atom is -0.489 e. The highest BCUT2D eigenvalue weighted by Gasteiger charge is 2.29.